The van der Waals surface area contributed by atoms with Gasteiger partial charge in [-0.3, -0.25) is 14.5 Å². The van der Waals surface area contributed by atoms with Crippen molar-refractivity contribution in [2.45, 2.75) is 38.9 Å². The molecule has 1 amide bonds. The van der Waals surface area contributed by atoms with Crippen LogP contribution in [0.3, 0.4) is 0 Å². The number of hydrogen-bond donors (Lipinski definition) is 2. The molecule has 0 radical (unpaired) electrons. The lowest BCUT2D eigenvalue weighted by molar-refractivity contribution is -0.140. The van der Waals surface area contributed by atoms with E-state index in [1.165, 1.54) is 4.90 Å². The Morgan fingerprint density at radius 3 is 2.11 bits per heavy atom. The van der Waals surface area contributed by atoms with Crippen molar-refractivity contribution >= 4 is 11.9 Å². The number of hydrogen-bond acceptors (Lipinski definition) is 3. The second-order valence-electron chi connectivity index (χ2n) is 5.13. The summed E-state index contributed by atoms with van der Waals surface area (Å²) in [7, 11) is 0. The number of carbonyl (C=O) groups is 2. The van der Waals surface area contributed by atoms with Gasteiger partial charge in [-0.1, -0.05) is 0 Å². The minimum atomic E-state index is -4.46. The summed E-state index contributed by atoms with van der Waals surface area (Å²) in [5.74, 6) is -1.80. The summed E-state index contributed by atoms with van der Waals surface area (Å²) in [6.07, 6.45) is -4.63. The summed E-state index contributed by atoms with van der Waals surface area (Å²) < 4.78 is 35.8. The van der Waals surface area contributed by atoms with E-state index in [1.54, 1.807) is 26.1 Å². The first kappa shape index (κ1) is 17.7. The van der Waals surface area contributed by atoms with Crippen LogP contribution in [0.25, 0.3) is 0 Å². The van der Waals surface area contributed by atoms with Crippen LogP contribution in [0.4, 0.5) is 13.2 Å². The molecule has 0 heterocycles. The maximum Gasteiger partial charge on any atom is 0.405 e. The molecule has 0 saturated carbocycles. The minimum absolute atomic E-state index is 0.0955. The number of carboxylic acids is 1. The monoisotopic (exact) mass is 284 g/mol. The second-order valence-corrected chi connectivity index (χ2v) is 5.13. The van der Waals surface area contributed by atoms with Crippen molar-refractivity contribution in [1.29, 1.82) is 0 Å². The van der Waals surface area contributed by atoms with Gasteiger partial charge in [0.15, 0.2) is 0 Å². The first-order chi connectivity index (χ1) is 8.42. The highest BCUT2D eigenvalue weighted by Crippen LogP contribution is 2.14. The average molecular weight is 284 g/mol. The van der Waals surface area contributed by atoms with Crippen molar-refractivity contribution in [3.8, 4) is 0 Å². The van der Waals surface area contributed by atoms with Gasteiger partial charge in [-0.25, -0.2) is 0 Å². The van der Waals surface area contributed by atoms with Crippen LogP contribution < -0.4 is 5.32 Å². The Bertz CT molecular complexity index is 324. The molecule has 0 aliphatic carbocycles. The van der Waals surface area contributed by atoms with Gasteiger partial charge in [-0.2, -0.15) is 13.2 Å². The molecular formula is C11H19F3N2O3. The molecule has 2 N–H and O–H groups in total. The molecule has 0 aliphatic heterocycles. The van der Waals surface area contributed by atoms with Gasteiger partial charge < -0.3 is 10.4 Å². The quantitative estimate of drug-likeness (QED) is 0.770. The van der Waals surface area contributed by atoms with E-state index < -0.39 is 30.1 Å². The fourth-order valence-corrected chi connectivity index (χ4v) is 1.31. The van der Waals surface area contributed by atoms with Crippen molar-refractivity contribution in [2.75, 3.05) is 19.6 Å². The van der Waals surface area contributed by atoms with Gasteiger partial charge in [0.25, 0.3) is 0 Å². The number of nitrogens with one attached hydrogen (secondary N) is 1. The van der Waals surface area contributed by atoms with Crippen LogP contribution >= 0.6 is 0 Å². The summed E-state index contributed by atoms with van der Waals surface area (Å²) in [6.45, 7) is 3.71. The van der Waals surface area contributed by atoms with Crippen LogP contribution in [-0.2, 0) is 9.59 Å². The molecular weight excluding hydrogens is 265 g/mol. The first-order valence-electron chi connectivity index (χ1n) is 5.72. The lowest BCUT2D eigenvalue weighted by Gasteiger charge is -2.34. The minimum Gasteiger partial charge on any atom is -0.481 e. The fourth-order valence-electron chi connectivity index (χ4n) is 1.31. The van der Waals surface area contributed by atoms with E-state index in [9.17, 15) is 22.8 Å². The molecule has 0 unspecified atom stereocenters. The number of amides is 1. The molecule has 0 bridgehead atoms. The first-order valence-corrected chi connectivity index (χ1v) is 5.72. The SMILES string of the molecule is CC(C)(C)N(CCC(=O)O)CC(=O)NCC(F)(F)F. The van der Waals surface area contributed by atoms with Gasteiger partial charge in [0.1, 0.15) is 6.54 Å². The highest BCUT2D eigenvalue weighted by Gasteiger charge is 2.29. The molecule has 0 saturated heterocycles. The van der Waals surface area contributed by atoms with Crippen LogP contribution in [0.15, 0.2) is 0 Å². The Morgan fingerprint density at radius 1 is 1.21 bits per heavy atom. The molecule has 0 aromatic rings. The third-order valence-corrected chi connectivity index (χ3v) is 2.36. The topological polar surface area (TPSA) is 69.6 Å². The second kappa shape index (κ2) is 6.74. The Hall–Kier alpha value is -1.31. The molecule has 112 valence electrons. The van der Waals surface area contributed by atoms with Gasteiger partial charge in [-0.05, 0) is 20.8 Å². The molecule has 0 atom stereocenters. The van der Waals surface area contributed by atoms with Gasteiger partial charge in [-0.15, -0.1) is 0 Å². The smallest absolute Gasteiger partial charge is 0.405 e. The molecule has 0 spiro atoms. The van der Waals surface area contributed by atoms with Gasteiger partial charge in [0, 0.05) is 12.1 Å². The zero-order valence-corrected chi connectivity index (χ0v) is 11.2. The molecule has 0 fully saturated rings. The lowest BCUT2D eigenvalue weighted by atomic mass is 10.1. The van der Waals surface area contributed by atoms with E-state index in [1.807, 2.05) is 0 Å². The highest BCUT2D eigenvalue weighted by atomic mass is 19.4. The van der Waals surface area contributed by atoms with E-state index in [-0.39, 0.29) is 19.5 Å². The van der Waals surface area contributed by atoms with Gasteiger partial charge in [0.05, 0.1) is 13.0 Å². The number of halogens is 3. The van der Waals surface area contributed by atoms with Crippen molar-refractivity contribution in [2.24, 2.45) is 0 Å². The third kappa shape index (κ3) is 9.29. The van der Waals surface area contributed by atoms with Gasteiger partial charge in [0.2, 0.25) is 5.91 Å². The molecule has 8 heteroatoms. The largest absolute Gasteiger partial charge is 0.481 e. The highest BCUT2D eigenvalue weighted by molar-refractivity contribution is 5.78. The predicted octanol–water partition coefficient (Wildman–Crippen LogP) is 1.24. The van der Waals surface area contributed by atoms with E-state index in [4.69, 9.17) is 5.11 Å². The molecule has 0 rings (SSSR count). The van der Waals surface area contributed by atoms with Crippen molar-refractivity contribution in [3.63, 3.8) is 0 Å². The van der Waals surface area contributed by atoms with E-state index in [0.29, 0.717) is 0 Å². The third-order valence-electron chi connectivity index (χ3n) is 2.36. The van der Waals surface area contributed by atoms with Crippen LogP contribution in [-0.4, -0.2) is 53.2 Å². The van der Waals surface area contributed by atoms with E-state index >= 15 is 0 Å². The summed E-state index contributed by atoms with van der Waals surface area (Å²) in [5, 5.41) is 10.4. The average Bonchev–Trinajstić information content (AvgIpc) is 2.18. The molecule has 0 aromatic heterocycles. The maximum absolute atomic E-state index is 11.9. The van der Waals surface area contributed by atoms with Crippen molar-refractivity contribution in [3.05, 3.63) is 0 Å². The predicted molar refractivity (Wildman–Crippen MR) is 62.6 cm³/mol. The van der Waals surface area contributed by atoms with Crippen LogP contribution in [0.1, 0.15) is 27.2 Å². The van der Waals surface area contributed by atoms with E-state index in [0.717, 1.165) is 0 Å². The van der Waals surface area contributed by atoms with Gasteiger partial charge >= 0.3 is 12.1 Å². The zero-order chi connectivity index (χ0) is 15.3. The zero-order valence-electron chi connectivity index (χ0n) is 11.2. The number of aliphatic carboxylic acids is 1. The number of carbonyl (C=O) groups excluding carboxylic acids is 1. The number of alkyl halides is 3. The Labute approximate surface area is 109 Å². The van der Waals surface area contributed by atoms with Crippen LogP contribution in [0.5, 0.6) is 0 Å². The molecule has 5 nitrogen and oxygen atoms in total. The fraction of sp³-hybridized carbons (Fsp3) is 0.818. The maximum atomic E-state index is 11.9. The lowest BCUT2D eigenvalue weighted by Crippen LogP contribution is -2.49. The number of rotatable bonds is 6. The van der Waals surface area contributed by atoms with Crippen LogP contribution in [0, 0.1) is 0 Å². The van der Waals surface area contributed by atoms with Crippen molar-refractivity contribution < 1.29 is 27.9 Å². The summed E-state index contributed by atoms with van der Waals surface area (Å²) >= 11 is 0. The Balaban J connectivity index is 4.40. The normalized spacial score (nSPS) is 12.6. The number of carboxylic acid groups (broad SMARTS) is 1. The standard InChI is InChI=1S/C11H19F3N2O3/c1-10(2,3)16(5-4-9(18)19)6-8(17)15-7-11(12,13)14/h4-7H2,1-3H3,(H,15,17)(H,18,19). The summed E-state index contributed by atoms with van der Waals surface area (Å²) in [6, 6.07) is 0. The Morgan fingerprint density at radius 2 is 1.74 bits per heavy atom. The molecule has 0 aliphatic rings. The van der Waals surface area contributed by atoms with E-state index in [2.05, 4.69) is 0 Å². The molecule has 0 aromatic carbocycles. The molecule has 19 heavy (non-hydrogen) atoms. The van der Waals surface area contributed by atoms with Crippen molar-refractivity contribution in [1.82, 2.24) is 10.2 Å². The Kier molecular flexibility index (Phi) is 6.28. The summed E-state index contributed by atoms with van der Waals surface area (Å²) in [4.78, 5) is 23.4. The number of nitrogens with zero attached hydrogens (tertiary/aromatic N) is 1. The van der Waals surface area contributed by atoms with Crippen LogP contribution in [0.2, 0.25) is 0 Å². The summed E-state index contributed by atoms with van der Waals surface area (Å²) in [5.41, 5.74) is -0.509.